The van der Waals surface area contributed by atoms with E-state index >= 15 is 0 Å². The van der Waals surface area contributed by atoms with E-state index in [0.29, 0.717) is 23.4 Å². The fraction of sp³-hybridized carbons (Fsp3) is 0.400. The molecule has 0 bridgehead atoms. The highest BCUT2D eigenvalue weighted by molar-refractivity contribution is 7.99. The molecule has 0 spiro atoms. The molecule has 1 fully saturated rings. The van der Waals surface area contributed by atoms with E-state index in [1.165, 1.54) is 7.05 Å². The zero-order valence-electron chi connectivity index (χ0n) is 12.2. The monoisotopic (exact) mass is 322 g/mol. The van der Waals surface area contributed by atoms with Crippen molar-refractivity contribution in [2.24, 2.45) is 5.41 Å². The molecule has 1 aliphatic heterocycles. The molecule has 1 aromatic carbocycles. The van der Waals surface area contributed by atoms with Gasteiger partial charge in [-0.3, -0.25) is 14.4 Å². The van der Waals surface area contributed by atoms with Crippen molar-refractivity contribution >= 4 is 35.2 Å². The standard InChI is InChI=1S/C15H18N2O4S/c1-16-13(19)10-3-2-4-11(7-10)17-12(18)8-15(14(20)21)5-6-22-9-15/h2-4,7H,5-6,8-9H2,1H3,(H,16,19)(H,17,18)(H,20,21). The van der Waals surface area contributed by atoms with Crippen LogP contribution in [-0.4, -0.2) is 41.4 Å². The number of thioether (sulfide) groups is 1. The Morgan fingerprint density at radius 1 is 1.36 bits per heavy atom. The van der Waals surface area contributed by atoms with Crippen LogP contribution in [0.2, 0.25) is 0 Å². The van der Waals surface area contributed by atoms with Crippen molar-refractivity contribution in [3.05, 3.63) is 29.8 Å². The Hall–Kier alpha value is -2.02. The van der Waals surface area contributed by atoms with Crippen molar-refractivity contribution in [2.45, 2.75) is 12.8 Å². The summed E-state index contributed by atoms with van der Waals surface area (Å²) in [7, 11) is 1.53. The Morgan fingerprint density at radius 2 is 2.14 bits per heavy atom. The van der Waals surface area contributed by atoms with Crippen molar-refractivity contribution in [3.8, 4) is 0 Å². The van der Waals surface area contributed by atoms with Crippen LogP contribution in [0, 0.1) is 5.41 Å². The second kappa shape index (κ2) is 6.83. The van der Waals surface area contributed by atoms with Crippen LogP contribution < -0.4 is 10.6 Å². The number of rotatable bonds is 5. The second-order valence-corrected chi connectivity index (χ2v) is 6.38. The molecule has 0 radical (unpaired) electrons. The van der Waals surface area contributed by atoms with E-state index in [4.69, 9.17) is 0 Å². The molecule has 3 N–H and O–H groups in total. The van der Waals surface area contributed by atoms with Gasteiger partial charge in [0.15, 0.2) is 0 Å². The largest absolute Gasteiger partial charge is 0.481 e. The lowest BCUT2D eigenvalue weighted by atomic mass is 9.84. The minimum atomic E-state index is -0.979. The third kappa shape index (κ3) is 3.59. The molecule has 7 heteroatoms. The average Bonchev–Trinajstić information content (AvgIpc) is 2.96. The Morgan fingerprint density at radius 3 is 2.73 bits per heavy atom. The number of aliphatic carboxylic acids is 1. The molecule has 22 heavy (non-hydrogen) atoms. The molecule has 0 aromatic heterocycles. The summed E-state index contributed by atoms with van der Waals surface area (Å²) in [6, 6.07) is 6.54. The number of amides is 2. The lowest BCUT2D eigenvalue weighted by molar-refractivity contribution is -0.149. The maximum Gasteiger partial charge on any atom is 0.311 e. The van der Waals surface area contributed by atoms with Gasteiger partial charge in [-0.25, -0.2) is 0 Å². The molecule has 1 unspecified atom stereocenters. The molecule has 1 heterocycles. The van der Waals surface area contributed by atoms with Crippen LogP contribution in [-0.2, 0) is 9.59 Å². The Kier molecular flexibility index (Phi) is 5.07. The minimum absolute atomic E-state index is 0.0560. The highest BCUT2D eigenvalue weighted by atomic mass is 32.2. The molecule has 1 saturated heterocycles. The van der Waals surface area contributed by atoms with E-state index in [0.717, 1.165) is 5.75 Å². The number of carboxylic acids is 1. The fourth-order valence-electron chi connectivity index (χ4n) is 2.39. The van der Waals surface area contributed by atoms with Crippen LogP contribution >= 0.6 is 11.8 Å². The number of carbonyl (C=O) groups excluding carboxylic acids is 2. The van der Waals surface area contributed by atoms with Gasteiger partial charge in [0, 0.05) is 30.5 Å². The normalized spacial score (nSPS) is 20.4. The van der Waals surface area contributed by atoms with Crippen LogP contribution in [0.25, 0.3) is 0 Å². The predicted octanol–water partition coefficient (Wildman–Crippen LogP) is 1.58. The van der Waals surface area contributed by atoms with Crippen LogP contribution in [0.1, 0.15) is 23.2 Å². The molecule has 1 atom stereocenters. The number of hydrogen-bond acceptors (Lipinski definition) is 4. The molecule has 2 amide bonds. The number of nitrogens with one attached hydrogen (secondary N) is 2. The van der Waals surface area contributed by atoms with Crippen molar-refractivity contribution in [1.29, 1.82) is 0 Å². The minimum Gasteiger partial charge on any atom is -0.481 e. The first kappa shape index (κ1) is 16.4. The molecule has 1 aromatic rings. The van der Waals surface area contributed by atoms with Gasteiger partial charge in [-0.2, -0.15) is 11.8 Å². The van der Waals surface area contributed by atoms with Crippen LogP contribution in [0.15, 0.2) is 24.3 Å². The van der Waals surface area contributed by atoms with Gasteiger partial charge in [0.1, 0.15) is 0 Å². The molecule has 0 aliphatic carbocycles. The summed E-state index contributed by atoms with van der Waals surface area (Å²) < 4.78 is 0. The van der Waals surface area contributed by atoms with E-state index < -0.39 is 11.4 Å². The molecule has 118 valence electrons. The number of hydrogen-bond donors (Lipinski definition) is 3. The van der Waals surface area contributed by atoms with Gasteiger partial charge < -0.3 is 15.7 Å². The predicted molar refractivity (Wildman–Crippen MR) is 85.1 cm³/mol. The SMILES string of the molecule is CNC(=O)c1cccc(NC(=O)CC2(C(=O)O)CCSC2)c1. The first-order valence-corrected chi connectivity index (χ1v) is 8.05. The quantitative estimate of drug-likeness (QED) is 0.765. The Bertz CT molecular complexity index is 597. The third-order valence-electron chi connectivity index (χ3n) is 3.69. The van der Waals surface area contributed by atoms with Gasteiger partial charge in [0.25, 0.3) is 5.91 Å². The topological polar surface area (TPSA) is 95.5 Å². The fourth-order valence-corrected chi connectivity index (χ4v) is 3.83. The number of anilines is 1. The number of carboxylic acid groups (broad SMARTS) is 1. The van der Waals surface area contributed by atoms with Crippen molar-refractivity contribution in [1.82, 2.24) is 5.32 Å². The second-order valence-electron chi connectivity index (χ2n) is 5.27. The van der Waals surface area contributed by atoms with Crippen molar-refractivity contribution in [2.75, 3.05) is 23.9 Å². The molecular formula is C15H18N2O4S. The van der Waals surface area contributed by atoms with E-state index in [1.807, 2.05) is 0 Å². The van der Waals surface area contributed by atoms with Crippen molar-refractivity contribution < 1.29 is 19.5 Å². The Balaban J connectivity index is 2.06. The summed E-state index contributed by atoms with van der Waals surface area (Å²) in [5, 5.41) is 14.6. The summed E-state index contributed by atoms with van der Waals surface area (Å²) in [5.41, 5.74) is -0.0605. The lowest BCUT2D eigenvalue weighted by Gasteiger charge is -2.22. The smallest absolute Gasteiger partial charge is 0.311 e. The molecule has 2 rings (SSSR count). The number of carbonyl (C=O) groups is 3. The zero-order chi connectivity index (χ0) is 16.2. The van der Waals surface area contributed by atoms with Crippen molar-refractivity contribution in [3.63, 3.8) is 0 Å². The van der Waals surface area contributed by atoms with Gasteiger partial charge in [0.05, 0.1) is 5.41 Å². The van der Waals surface area contributed by atoms with Crippen LogP contribution in [0.3, 0.4) is 0 Å². The summed E-state index contributed by atoms with van der Waals surface area (Å²) in [5.74, 6) is -0.309. The maximum atomic E-state index is 12.1. The van der Waals surface area contributed by atoms with Crippen LogP contribution in [0.4, 0.5) is 5.69 Å². The lowest BCUT2D eigenvalue weighted by Crippen LogP contribution is -2.35. The molecule has 1 aliphatic rings. The molecular weight excluding hydrogens is 304 g/mol. The summed E-state index contributed by atoms with van der Waals surface area (Å²) in [6.45, 7) is 0. The van der Waals surface area contributed by atoms with Gasteiger partial charge >= 0.3 is 5.97 Å². The summed E-state index contributed by atoms with van der Waals surface area (Å²) in [6.07, 6.45) is 0.443. The van der Waals surface area contributed by atoms with Crippen LogP contribution in [0.5, 0.6) is 0 Å². The third-order valence-corrected chi connectivity index (χ3v) is 4.94. The van der Waals surface area contributed by atoms with Gasteiger partial charge in [-0.1, -0.05) is 6.07 Å². The van der Waals surface area contributed by atoms with E-state index in [2.05, 4.69) is 10.6 Å². The Labute approximate surface area is 132 Å². The van der Waals surface area contributed by atoms with E-state index in [1.54, 1.807) is 36.0 Å². The molecule has 6 nitrogen and oxygen atoms in total. The number of benzene rings is 1. The first-order valence-electron chi connectivity index (χ1n) is 6.90. The highest BCUT2D eigenvalue weighted by Gasteiger charge is 2.43. The van der Waals surface area contributed by atoms with E-state index in [-0.39, 0.29) is 18.2 Å². The maximum absolute atomic E-state index is 12.1. The van der Waals surface area contributed by atoms with Gasteiger partial charge in [0.2, 0.25) is 5.91 Å². The first-order chi connectivity index (χ1) is 10.5. The summed E-state index contributed by atoms with van der Waals surface area (Å²) >= 11 is 1.55. The highest BCUT2D eigenvalue weighted by Crippen LogP contribution is 2.39. The summed E-state index contributed by atoms with van der Waals surface area (Å²) in [4.78, 5) is 35.2. The van der Waals surface area contributed by atoms with E-state index in [9.17, 15) is 19.5 Å². The zero-order valence-corrected chi connectivity index (χ0v) is 13.0. The molecule has 0 saturated carbocycles. The average molecular weight is 322 g/mol. The van der Waals surface area contributed by atoms with Gasteiger partial charge in [-0.05, 0) is 30.4 Å². The van der Waals surface area contributed by atoms with Gasteiger partial charge in [-0.15, -0.1) is 0 Å².